The van der Waals surface area contributed by atoms with E-state index in [9.17, 15) is 5.11 Å². The summed E-state index contributed by atoms with van der Waals surface area (Å²) in [7, 11) is 1.52. The predicted molar refractivity (Wildman–Crippen MR) is 57.8 cm³/mol. The van der Waals surface area contributed by atoms with Gasteiger partial charge < -0.3 is 14.7 Å². The Balaban J connectivity index is 3.14. The van der Waals surface area contributed by atoms with Gasteiger partial charge >= 0.3 is 0 Å². The molecule has 1 aromatic rings. The maximum Gasteiger partial charge on any atom is 0.161 e. The van der Waals surface area contributed by atoms with Crippen molar-refractivity contribution in [2.24, 2.45) is 5.90 Å². The maximum absolute atomic E-state index is 9.93. The van der Waals surface area contributed by atoms with Crippen molar-refractivity contribution in [3.05, 3.63) is 23.8 Å². The minimum absolute atomic E-state index is 0.141. The standard InChI is InChI=1S/C11H17NO3/c1-11(2,7-15-12)8-5-4-6-9(14-3)10(8)13/h4-6,13H,7,12H2,1-3H3. The van der Waals surface area contributed by atoms with Crippen LogP contribution in [0.5, 0.6) is 11.5 Å². The summed E-state index contributed by atoms with van der Waals surface area (Å²) in [6.45, 7) is 4.20. The highest BCUT2D eigenvalue weighted by molar-refractivity contribution is 5.48. The minimum Gasteiger partial charge on any atom is -0.504 e. The third-order valence-corrected chi connectivity index (χ3v) is 2.39. The van der Waals surface area contributed by atoms with Crippen LogP contribution in [0.4, 0.5) is 0 Å². The average Bonchev–Trinajstić information content (AvgIpc) is 2.17. The number of aromatic hydroxyl groups is 1. The summed E-state index contributed by atoms with van der Waals surface area (Å²) in [6.07, 6.45) is 0. The molecule has 0 heterocycles. The molecule has 0 saturated heterocycles. The average molecular weight is 211 g/mol. The summed E-state index contributed by atoms with van der Waals surface area (Å²) in [5, 5.41) is 9.93. The van der Waals surface area contributed by atoms with Crippen molar-refractivity contribution < 1.29 is 14.7 Å². The highest BCUT2D eigenvalue weighted by Crippen LogP contribution is 2.37. The van der Waals surface area contributed by atoms with E-state index in [0.717, 1.165) is 5.56 Å². The molecule has 0 aliphatic carbocycles. The molecule has 3 N–H and O–H groups in total. The van der Waals surface area contributed by atoms with Crippen LogP contribution in [-0.2, 0) is 10.3 Å². The van der Waals surface area contributed by atoms with Gasteiger partial charge in [-0.2, -0.15) is 0 Å². The second kappa shape index (κ2) is 4.51. The van der Waals surface area contributed by atoms with Gasteiger partial charge in [0.25, 0.3) is 0 Å². The van der Waals surface area contributed by atoms with E-state index in [1.807, 2.05) is 26.0 Å². The first-order chi connectivity index (χ1) is 7.03. The number of ether oxygens (including phenoxy) is 1. The highest BCUT2D eigenvalue weighted by Gasteiger charge is 2.25. The normalized spacial score (nSPS) is 11.5. The molecule has 4 nitrogen and oxygen atoms in total. The summed E-state index contributed by atoms with van der Waals surface area (Å²) in [6, 6.07) is 5.36. The molecule has 0 bridgehead atoms. The lowest BCUT2D eigenvalue weighted by molar-refractivity contribution is 0.0953. The van der Waals surface area contributed by atoms with Crippen molar-refractivity contribution in [2.45, 2.75) is 19.3 Å². The van der Waals surface area contributed by atoms with Crippen LogP contribution in [0, 0.1) is 0 Å². The van der Waals surface area contributed by atoms with Gasteiger partial charge in [-0.3, -0.25) is 0 Å². The quantitative estimate of drug-likeness (QED) is 0.742. The maximum atomic E-state index is 9.93. The Hall–Kier alpha value is -1.26. The van der Waals surface area contributed by atoms with E-state index < -0.39 is 0 Å². The van der Waals surface area contributed by atoms with Gasteiger partial charge in [-0.25, -0.2) is 5.90 Å². The fraction of sp³-hybridized carbons (Fsp3) is 0.455. The van der Waals surface area contributed by atoms with Crippen molar-refractivity contribution in [3.8, 4) is 11.5 Å². The Morgan fingerprint density at radius 2 is 2.07 bits per heavy atom. The smallest absolute Gasteiger partial charge is 0.161 e. The number of benzene rings is 1. The molecule has 0 aliphatic rings. The molecule has 0 unspecified atom stereocenters. The largest absolute Gasteiger partial charge is 0.504 e. The first kappa shape index (κ1) is 11.8. The van der Waals surface area contributed by atoms with Crippen LogP contribution < -0.4 is 10.6 Å². The van der Waals surface area contributed by atoms with Crippen molar-refractivity contribution in [1.29, 1.82) is 0 Å². The lowest BCUT2D eigenvalue weighted by Crippen LogP contribution is -2.26. The molecule has 0 aromatic heterocycles. The summed E-state index contributed by atoms with van der Waals surface area (Å²) in [5.41, 5.74) is 0.403. The molecule has 0 spiro atoms. The van der Waals surface area contributed by atoms with Crippen LogP contribution in [-0.4, -0.2) is 18.8 Å². The topological polar surface area (TPSA) is 64.7 Å². The Kier molecular flexibility index (Phi) is 3.55. The Bertz CT molecular complexity index is 337. The van der Waals surface area contributed by atoms with Gasteiger partial charge in [0, 0.05) is 11.0 Å². The molecule has 1 aromatic carbocycles. The van der Waals surface area contributed by atoms with Crippen LogP contribution in [0.3, 0.4) is 0 Å². The molecule has 0 saturated carbocycles. The van der Waals surface area contributed by atoms with Crippen LogP contribution >= 0.6 is 0 Å². The van der Waals surface area contributed by atoms with E-state index in [-0.39, 0.29) is 11.2 Å². The molecular weight excluding hydrogens is 194 g/mol. The molecule has 15 heavy (non-hydrogen) atoms. The van der Waals surface area contributed by atoms with Crippen LogP contribution in [0.25, 0.3) is 0 Å². The van der Waals surface area contributed by atoms with Gasteiger partial charge in [-0.1, -0.05) is 26.0 Å². The molecule has 0 aliphatic heterocycles. The molecular formula is C11H17NO3. The Morgan fingerprint density at radius 1 is 1.40 bits per heavy atom. The molecule has 0 radical (unpaired) electrons. The van der Waals surface area contributed by atoms with Gasteiger partial charge in [-0.15, -0.1) is 0 Å². The number of rotatable bonds is 4. The number of hydrogen-bond donors (Lipinski definition) is 2. The van der Waals surface area contributed by atoms with Gasteiger partial charge in [-0.05, 0) is 6.07 Å². The molecule has 0 fully saturated rings. The number of hydrogen-bond acceptors (Lipinski definition) is 4. The van der Waals surface area contributed by atoms with Crippen molar-refractivity contribution >= 4 is 0 Å². The van der Waals surface area contributed by atoms with Crippen molar-refractivity contribution in [3.63, 3.8) is 0 Å². The number of phenols is 1. The Labute approximate surface area is 89.6 Å². The Morgan fingerprint density at radius 3 is 2.60 bits per heavy atom. The number of phenolic OH excluding ortho intramolecular Hbond substituents is 1. The number of methoxy groups -OCH3 is 1. The third-order valence-electron chi connectivity index (χ3n) is 2.39. The fourth-order valence-corrected chi connectivity index (χ4v) is 1.52. The van der Waals surface area contributed by atoms with Gasteiger partial charge in [0.05, 0.1) is 13.7 Å². The molecule has 4 heteroatoms. The van der Waals surface area contributed by atoms with E-state index >= 15 is 0 Å². The fourth-order valence-electron chi connectivity index (χ4n) is 1.52. The zero-order valence-corrected chi connectivity index (χ0v) is 9.28. The summed E-state index contributed by atoms with van der Waals surface area (Å²) < 4.78 is 5.04. The van der Waals surface area contributed by atoms with Crippen molar-refractivity contribution in [1.82, 2.24) is 0 Å². The van der Waals surface area contributed by atoms with Crippen LogP contribution in [0.2, 0.25) is 0 Å². The van der Waals surface area contributed by atoms with Crippen LogP contribution in [0.15, 0.2) is 18.2 Å². The zero-order chi connectivity index (χ0) is 11.5. The summed E-state index contributed by atoms with van der Waals surface area (Å²) in [5.74, 6) is 5.66. The second-order valence-corrected chi connectivity index (χ2v) is 4.05. The lowest BCUT2D eigenvalue weighted by Gasteiger charge is -2.25. The minimum atomic E-state index is -0.354. The first-order valence-corrected chi connectivity index (χ1v) is 4.71. The lowest BCUT2D eigenvalue weighted by atomic mass is 9.85. The van der Waals surface area contributed by atoms with E-state index in [4.69, 9.17) is 10.6 Å². The van der Waals surface area contributed by atoms with Crippen LogP contribution in [0.1, 0.15) is 19.4 Å². The third kappa shape index (κ3) is 2.40. The predicted octanol–water partition coefficient (Wildman–Crippen LogP) is 1.57. The molecule has 0 atom stereocenters. The summed E-state index contributed by atoms with van der Waals surface area (Å²) in [4.78, 5) is 4.64. The zero-order valence-electron chi connectivity index (χ0n) is 9.28. The highest BCUT2D eigenvalue weighted by atomic mass is 16.6. The number of para-hydroxylation sites is 1. The van der Waals surface area contributed by atoms with Crippen molar-refractivity contribution in [2.75, 3.05) is 13.7 Å². The van der Waals surface area contributed by atoms with Gasteiger partial charge in [0.2, 0.25) is 0 Å². The number of nitrogens with two attached hydrogens (primary N) is 1. The van der Waals surface area contributed by atoms with Gasteiger partial charge in [0.15, 0.2) is 11.5 Å². The van der Waals surface area contributed by atoms with E-state index in [2.05, 4.69) is 4.84 Å². The molecule has 1 rings (SSSR count). The molecule has 84 valence electrons. The summed E-state index contributed by atoms with van der Waals surface area (Å²) >= 11 is 0. The first-order valence-electron chi connectivity index (χ1n) is 4.71. The SMILES string of the molecule is COc1cccc(C(C)(C)CON)c1O. The van der Waals surface area contributed by atoms with Gasteiger partial charge in [0.1, 0.15) is 0 Å². The monoisotopic (exact) mass is 211 g/mol. The van der Waals surface area contributed by atoms with E-state index in [1.54, 1.807) is 6.07 Å². The second-order valence-electron chi connectivity index (χ2n) is 4.05. The van der Waals surface area contributed by atoms with E-state index in [0.29, 0.717) is 12.4 Å². The molecule has 0 amide bonds. The van der Waals surface area contributed by atoms with E-state index in [1.165, 1.54) is 7.11 Å².